The van der Waals surface area contributed by atoms with Crippen LogP contribution in [0.5, 0.6) is 0 Å². The van der Waals surface area contributed by atoms with E-state index in [0.717, 1.165) is 5.56 Å². The monoisotopic (exact) mass is 352 g/mol. The molecule has 0 bridgehead atoms. The zero-order chi connectivity index (χ0) is 16.9. The van der Waals surface area contributed by atoms with Gasteiger partial charge < -0.3 is 15.7 Å². The van der Waals surface area contributed by atoms with Crippen LogP contribution in [0.25, 0.3) is 0 Å². The molecular weight excluding hydrogens is 336 g/mol. The molecule has 1 heterocycles. The summed E-state index contributed by atoms with van der Waals surface area (Å²) in [7, 11) is 0. The van der Waals surface area contributed by atoms with E-state index in [1.165, 1.54) is 11.3 Å². The van der Waals surface area contributed by atoms with Gasteiger partial charge in [-0.1, -0.05) is 35.9 Å². The Morgan fingerprint density at radius 1 is 1.17 bits per heavy atom. The van der Waals surface area contributed by atoms with Gasteiger partial charge in [0.05, 0.1) is 6.54 Å². The molecule has 0 saturated carbocycles. The predicted molar refractivity (Wildman–Crippen MR) is 90.2 cm³/mol. The molecule has 23 heavy (non-hydrogen) atoms. The first-order valence-electron chi connectivity index (χ1n) is 6.96. The number of carbonyl (C=O) groups excluding carboxylic acids is 2. The second-order valence-electron chi connectivity index (χ2n) is 5.21. The van der Waals surface area contributed by atoms with Crippen LogP contribution in [0.1, 0.15) is 17.4 Å². The average molecular weight is 353 g/mol. The Labute approximate surface area is 143 Å². The van der Waals surface area contributed by atoms with Gasteiger partial charge in [0.2, 0.25) is 0 Å². The predicted octanol–water partition coefficient (Wildman–Crippen LogP) is 2.04. The van der Waals surface area contributed by atoms with Gasteiger partial charge >= 0.3 is 11.8 Å². The summed E-state index contributed by atoms with van der Waals surface area (Å²) in [5.74, 6) is -1.57. The fourth-order valence-corrected chi connectivity index (χ4v) is 2.89. The number of nitrogens with one attached hydrogen (secondary N) is 2. The standard InChI is InChI=1S/C16H17ClN2O3S/c1-16(22,13-7-4-8-23-13)10-19-15(21)14(20)18-9-11-5-2-3-6-12(11)17/h2-8,22H,9-10H2,1H3,(H,18,20)(H,19,21). The van der Waals surface area contributed by atoms with E-state index in [0.29, 0.717) is 9.90 Å². The van der Waals surface area contributed by atoms with E-state index in [1.807, 2.05) is 11.4 Å². The number of thiophene rings is 1. The van der Waals surface area contributed by atoms with E-state index in [-0.39, 0.29) is 13.1 Å². The smallest absolute Gasteiger partial charge is 0.309 e. The normalized spacial score (nSPS) is 13.2. The van der Waals surface area contributed by atoms with Gasteiger partial charge in [-0.15, -0.1) is 11.3 Å². The number of hydrogen-bond donors (Lipinski definition) is 3. The summed E-state index contributed by atoms with van der Waals surface area (Å²) < 4.78 is 0. The van der Waals surface area contributed by atoms with Crippen molar-refractivity contribution in [3.05, 3.63) is 57.2 Å². The Kier molecular flexibility index (Phi) is 5.76. The summed E-state index contributed by atoms with van der Waals surface area (Å²) in [6, 6.07) is 10.6. The van der Waals surface area contributed by atoms with Crippen LogP contribution in [0.15, 0.2) is 41.8 Å². The van der Waals surface area contributed by atoms with Gasteiger partial charge in [0.25, 0.3) is 0 Å². The Balaban J connectivity index is 1.84. The largest absolute Gasteiger partial charge is 0.383 e. The van der Waals surface area contributed by atoms with E-state index in [2.05, 4.69) is 10.6 Å². The highest BCUT2D eigenvalue weighted by Gasteiger charge is 2.26. The second-order valence-corrected chi connectivity index (χ2v) is 6.56. The molecule has 0 aliphatic heterocycles. The van der Waals surface area contributed by atoms with Crippen molar-refractivity contribution in [3.8, 4) is 0 Å². The first-order chi connectivity index (χ1) is 10.9. The maximum absolute atomic E-state index is 11.8. The van der Waals surface area contributed by atoms with Crippen molar-refractivity contribution in [2.24, 2.45) is 0 Å². The third-order valence-electron chi connectivity index (χ3n) is 3.25. The molecule has 122 valence electrons. The van der Waals surface area contributed by atoms with Crippen LogP contribution in [0.3, 0.4) is 0 Å². The molecule has 2 rings (SSSR count). The first-order valence-corrected chi connectivity index (χ1v) is 8.22. The summed E-state index contributed by atoms with van der Waals surface area (Å²) in [4.78, 5) is 24.3. The zero-order valence-electron chi connectivity index (χ0n) is 12.5. The van der Waals surface area contributed by atoms with Crippen molar-refractivity contribution >= 4 is 34.8 Å². The minimum atomic E-state index is -1.22. The molecule has 1 aromatic carbocycles. The quantitative estimate of drug-likeness (QED) is 0.720. The highest BCUT2D eigenvalue weighted by atomic mass is 35.5. The third kappa shape index (κ3) is 4.79. The van der Waals surface area contributed by atoms with Crippen LogP contribution in [0, 0.1) is 0 Å². The fraction of sp³-hybridized carbons (Fsp3) is 0.250. The van der Waals surface area contributed by atoms with Crippen molar-refractivity contribution in [3.63, 3.8) is 0 Å². The molecule has 2 amide bonds. The molecule has 0 radical (unpaired) electrons. The lowest BCUT2D eigenvalue weighted by molar-refractivity contribution is -0.139. The summed E-state index contributed by atoms with van der Waals surface area (Å²) in [6.07, 6.45) is 0. The van der Waals surface area contributed by atoms with Gasteiger partial charge in [-0.25, -0.2) is 0 Å². The molecule has 1 aromatic heterocycles. The van der Waals surface area contributed by atoms with Crippen LogP contribution in [-0.4, -0.2) is 23.5 Å². The van der Waals surface area contributed by atoms with Gasteiger partial charge in [0.15, 0.2) is 0 Å². The molecule has 0 spiro atoms. The van der Waals surface area contributed by atoms with Crippen molar-refractivity contribution in [1.82, 2.24) is 10.6 Å². The minimum Gasteiger partial charge on any atom is -0.383 e. The van der Waals surface area contributed by atoms with E-state index in [1.54, 1.807) is 37.3 Å². The van der Waals surface area contributed by atoms with Gasteiger partial charge in [0.1, 0.15) is 5.60 Å². The molecule has 5 nitrogen and oxygen atoms in total. The van der Waals surface area contributed by atoms with Gasteiger partial charge in [0, 0.05) is 16.4 Å². The maximum atomic E-state index is 11.8. The number of hydrogen-bond acceptors (Lipinski definition) is 4. The summed E-state index contributed by atoms with van der Waals surface area (Å²) >= 11 is 7.36. The Morgan fingerprint density at radius 3 is 2.52 bits per heavy atom. The SMILES string of the molecule is CC(O)(CNC(=O)C(=O)NCc1ccccc1Cl)c1cccs1. The van der Waals surface area contributed by atoms with Crippen LogP contribution >= 0.6 is 22.9 Å². The average Bonchev–Trinajstić information content (AvgIpc) is 3.07. The van der Waals surface area contributed by atoms with E-state index < -0.39 is 17.4 Å². The van der Waals surface area contributed by atoms with Gasteiger partial charge in [-0.05, 0) is 30.0 Å². The number of amides is 2. The lowest BCUT2D eigenvalue weighted by atomic mass is 10.1. The van der Waals surface area contributed by atoms with Crippen molar-refractivity contribution in [1.29, 1.82) is 0 Å². The number of halogens is 1. The molecular formula is C16H17ClN2O3S. The topological polar surface area (TPSA) is 78.4 Å². The van der Waals surface area contributed by atoms with E-state index in [9.17, 15) is 14.7 Å². The molecule has 1 unspecified atom stereocenters. The Bertz CT molecular complexity index is 686. The first kappa shape index (κ1) is 17.5. The number of rotatable bonds is 5. The van der Waals surface area contributed by atoms with Gasteiger partial charge in [-0.2, -0.15) is 0 Å². The van der Waals surface area contributed by atoms with E-state index >= 15 is 0 Å². The fourth-order valence-electron chi connectivity index (χ4n) is 1.90. The van der Waals surface area contributed by atoms with Crippen LogP contribution in [0.4, 0.5) is 0 Å². The van der Waals surface area contributed by atoms with Gasteiger partial charge in [-0.3, -0.25) is 9.59 Å². The molecule has 7 heteroatoms. The molecule has 0 aliphatic rings. The molecule has 2 aromatic rings. The third-order valence-corrected chi connectivity index (χ3v) is 4.74. The number of carbonyl (C=O) groups is 2. The highest BCUT2D eigenvalue weighted by molar-refractivity contribution is 7.10. The van der Waals surface area contributed by atoms with Crippen LogP contribution in [0.2, 0.25) is 5.02 Å². The molecule has 0 saturated heterocycles. The Hall–Kier alpha value is -1.89. The summed E-state index contributed by atoms with van der Waals surface area (Å²) in [5.41, 5.74) is -0.492. The molecule has 3 N–H and O–H groups in total. The molecule has 0 fully saturated rings. The summed E-state index contributed by atoms with van der Waals surface area (Å²) in [6.45, 7) is 1.69. The van der Waals surface area contributed by atoms with Crippen LogP contribution < -0.4 is 10.6 Å². The molecule has 0 aliphatic carbocycles. The summed E-state index contributed by atoms with van der Waals surface area (Å²) in [5, 5.41) is 17.6. The number of aliphatic hydroxyl groups is 1. The zero-order valence-corrected chi connectivity index (χ0v) is 14.1. The van der Waals surface area contributed by atoms with Crippen LogP contribution in [-0.2, 0) is 21.7 Å². The Morgan fingerprint density at radius 2 is 1.87 bits per heavy atom. The maximum Gasteiger partial charge on any atom is 0.309 e. The molecule has 1 atom stereocenters. The second kappa shape index (κ2) is 7.59. The highest BCUT2D eigenvalue weighted by Crippen LogP contribution is 2.24. The lowest BCUT2D eigenvalue weighted by Crippen LogP contribution is -2.45. The van der Waals surface area contributed by atoms with E-state index in [4.69, 9.17) is 11.6 Å². The number of benzene rings is 1. The lowest BCUT2D eigenvalue weighted by Gasteiger charge is -2.22. The van der Waals surface area contributed by atoms with Crippen molar-refractivity contribution in [2.75, 3.05) is 6.54 Å². The minimum absolute atomic E-state index is 0.0497. The van der Waals surface area contributed by atoms with Crippen molar-refractivity contribution in [2.45, 2.75) is 19.1 Å². The van der Waals surface area contributed by atoms with Crippen molar-refractivity contribution < 1.29 is 14.7 Å².